The zero-order valence-corrected chi connectivity index (χ0v) is 19.9. The highest BCUT2D eigenvalue weighted by atomic mass is 15.2. The zero-order valence-electron chi connectivity index (χ0n) is 19.9. The van der Waals surface area contributed by atoms with E-state index in [0.29, 0.717) is 0 Å². The van der Waals surface area contributed by atoms with Gasteiger partial charge in [0.1, 0.15) is 0 Å². The van der Waals surface area contributed by atoms with Gasteiger partial charge in [-0.25, -0.2) is 0 Å². The molecule has 2 aliphatic rings. The van der Waals surface area contributed by atoms with Gasteiger partial charge in [-0.15, -0.1) is 0 Å². The molecule has 0 bridgehead atoms. The standard InChI is InChI=1S/C32H25BN2/c1-22-11-8-15-25(21-22)35-29-19-9-12-23(2)31(29)26-16-10-20-30-32(26)33(35)27-17-6-7-18-28(27)34(30)24-13-4-3-5-14-24/h3-21H,1-2H3. The SMILES string of the molecule is Cc1cccc(N2B3c4ccccc4N(c4ccccc4)c4cccc(c43)-c3c(C)cccc32)c1. The van der Waals surface area contributed by atoms with Gasteiger partial charge >= 0.3 is 6.85 Å². The molecule has 0 spiro atoms. The normalized spacial score (nSPS) is 13.3. The Morgan fingerprint density at radius 1 is 0.571 bits per heavy atom. The Kier molecular flexibility index (Phi) is 4.40. The average Bonchev–Trinajstić information content (AvgIpc) is 2.89. The first-order chi connectivity index (χ1) is 17.2. The summed E-state index contributed by atoms with van der Waals surface area (Å²) in [6, 6.07) is 42.1. The molecule has 0 saturated carbocycles. The fraction of sp³-hybridized carbons (Fsp3) is 0.0625. The third-order valence-electron chi connectivity index (χ3n) is 7.40. The van der Waals surface area contributed by atoms with Crippen molar-refractivity contribution in [3.8, 4) is 11.1 Å². The van der Waals surface area contributed by atoms with Crippen LogP contribution in [0.3, 0.4) is 0 Å². The van der Waals surface area contributed by atoms with Crippen LogP contribution in [0.25, 0.3) is 11.1 Å². The summed E-state index contributed by atoms with van der Waals surface area (Å²) < 4.78 is 0. The van der Waals surface area contributed by atoms with Crippen LogP contribution < -0.4 is 20.6 Å². The monoisotopic (exact) mass is 448 g/mol. The van der Waals surface area contributed by atoms with E-state index in [1.54, 1.807) is 0 Å². The van der Waals surface area contributed by atoms with Crippen LogP contribution in [0.4, 0.5) is 28.4 Å². The number of fused-ring (bicyclic) bond motifs is 4. The smallest absolute Gasteiger partial charge is 0.333 e. The fourth-order valence-corrected chi connectivity index (χ4v) is 5.99. The number of benzene rings is 5. The Morgan fingerprint density at radius 3 is 2.11 bits per heavy atom. The van der Waals surface area contributed by atoms with Gasteiger partial charge in [-0.1, -0.05) is 72.8 Å². The summed E-state index contributed by atoms with van der Waals surface area (Å²) in [5.74, 6) is 0. The van der Waals surface area contributed by atoms with Gasteiger partial charge in [0.2, 0.25) is 0 Å². The number of aryl methyl sites for hydroxylation is 2. The van der Waals surface area contributed by atoms with Gasteiger partial charge in [0.15, 0.2) is 0 Å². The molecular weight excluding hydrogens is 423 g/mol. The molecule has 0 aromatic heterocycles. The highest BCUT2D eigenvalue weighted by Crippen LogP contribution is 2.46. The van der Waals surface area contributed by atoms with Gasteiger partial charge in [-0.05, 0) is 83.9 Å². The molecule has 2 heterocycles. The quantitative estimate of drug-likeness (QED) is 0.268. The maximum Gasteiger partial charge on any atom is 0.333 e. The lowest BCUT2D eigenvalue weighted by molar-refractivity contribution is 1.26. The van der Waals surface area contributed by atoms with Crippen LogP contribution >= 0.6 is 0 Å². The summed E-state index contributed by atoms with van der Waals surface area (Å²) in [5.41, 5.74) is 14.1. The van der Waals surface area contributed by atoms with Crippen LogP contribution in [0.15, 0.2) is 115 Å². The van der Waals surface area contributed by atoms with Crippen LogP contribution in [0.1, 0.15) is 11.1 Å². The van der Waals surface area contributed by atoms with E-state index < -0.39 is 0 Å². The second-order valence-electron chi connectivity index (χ2n) is 9.55. The molecule has 0 atom stereocenters. The molecule has 0 saturated heterocycles. The molecule has 3 heteroatoms. The summed E-state index contributed by atoms with van der Waals surface area (Å²) in [6.07, 6.45) is 0. The lowest BCUT2D eigenvalue weighted by Crippen LogP contribution is -2.61. The number of hydrogen-bond acceptors (Lipinski definition) is 2. The number of rotatable bonds is 2. The second kappa shape index (κ2) is 7.64. The summed E-state index contributed by atoms with van der Waals surface area (Å²) in [5, 5.41) is 0. The lowest BCUT2D eigenvalue weighted by Gasteiger charge is -2.46. The summed E-state index contributed by atoms with van der Waals surface area (Å²) in [4.78, 5) is 4.99. The summed E-state index contributed by atoms with van der Waals surface area (Å²) in [7, 11) is 0. The van der Waals surface area contributed by atoms with Crippen molar-refractivity contribution in [2.75, 3.05) is 9.71 Å². The Morgan fingerprint density at radius 2 is 1.26 bits per heavy atom. The predicted octanol–water partition coefficient (Wildman–Crippen LogP) is 7.01. The second-order valence-corrected chi connectivity index (χ2v) is 9.55. The molecule has 5 aromatic carbocycles. The Balaban J connectivity index is 1.61. The molecule has 7 rings (SSSR count). The fourth-order valence-electron chi connectivity index (χ4n) is 5.99. The minimum Gasteiger partial charge on any atom is -0.376 e. The van der Waals surface area contributed by atoms with Crippen LogP contribution in [0, 0.1) is 13.8 Å². The van der Waals surface area contributed by atoms with Gasteiger partial charge < -0.3 is 9.71 Å². The van der Waals surface area contributed by atoms with Crippen LogP contribution in [0.2, 0.25) is 0 Å². The molecule has 2 nitrogen and oxygen atoms in total. The largest absolute Gasteiger partial charge is 0.376 e. The minimum absolute atomic E-state index is 0.0912. The molecule has 0 aliphatic carbocycles. The van der Waals surface area contributed by atoms with Gasteiger partial charge in [-0.3, -0.25) is 0 Å². The van der Waals surface area contributed by atoms with E-state index in [9.17, 15) is 0 Å². The Bertz CT molecular complexity index is 1590. The van der Waals surface area contributed by atoms with Gasteiger partial charge in [0.25, 0.3) is 0 Å². The molecule has 0 unspecified atom stereocenters. The van der Waals surface area contributed by atoms with E-state index in [1.165, 1.54) is 61.6 Å². The van der Waals surface area contributed by atoms with Crippen LogP contribution in [0.5, 0.6) is 0 Å². The third kappa shape index (κ3) is 2.91. The molecule has 35 heavy (non-hydrogen) atoms. The third-order valence-corrected chi connectivity index (χ3v) is 7.40. The summed E-state index contributed by atoms with van der Waals surface area (Å²) in [6.45, 7) is 4.50. The highest BCUT2D eigenvalue weighted by molar-refractivity contribution is 6.93. The topological polar surface area (TPSA) is 6.48 Å². The predicted molar refractivity (Wildman–Crippen MR) is 150 cm³/mol. The van der Waals surface area contributed by atoms with Gasteiger partial charge in [0.05, 0.1) is 0 Å². The van der Waals surface area contributed by atoms with E-state index in [2.05, 4.69) is 139 Å². The van der Waals surface area contributed by atoms with Crippen molar-refractivity contribution < 1.29 is 0 Å². The minimum atomic E-state index is 0.0912. The van der Waals surface area contributed by atoms with Crippen molar-refractivity contribution >= 4 is 46.2 Å². The maximum atomic E-state index is 2.56. The van der Waals surface area contributed by atoms with Gasteiger partial charge in [0, 0.05) is 34.0 Å². The van der Waals surface area contributed by atoms with E-state index in [0.717, 1.165) is 0 Å². The molecule has 0 fully saturated rings. The highest BCUT2D eigenvalue weighted by Gasteiger charge is 2.44. The molecule has 2 aliphatic heterocycles. The van der Waals surface area contributed by atoms with Crippen molar-refractivity contribution in [1.82, 2.24) is 0 Å². The van der Waals surface area contributed by atoms with Crippen molar-refractivity contribution in [2.45, 2.75) is 13.8 Å². The maximum absolute atomic E-state index is 2.56. The van der Waals surface area contributed by atoms with Crippen molar-refractivity contribution in [3.05, 3.63) is 126 Å². The van der Waals surface area contributed by atoms with Gasteiger partial charge in [-0.2, -0.15) is 0 Å². The lowest BCUT2D eigenvalue weighted by atomic mass is 9.43. The molecule has 0 radical (unpaired) electrons. The first-order valence-corrected chi connectivity index (χ1v) is 12.3. The van der Waals surface area contributed by atoms with Crippen LogP contribution in [-0.2, 0) is 0 Å². The molecule has 0 amide bonds. The first-order valence-electron chi connectivity index (χ1n) is 12.3. The van der Waals surface area contributed by atoms with E-state index in [-0.39, 0.29) is 6.85 Å². The van der Waals surface area contributed by atoms with E-state index in [4.69, 9.17) is 0 Å². The van der Waals surface area contributed by atoms with Crippen LogP contribution in [-0.4, -0.2) is 6.85 Å². The van der Waals surface area contributed by atoms with Crippen molar-refractivity contribution in [1.29, 1.82) is 0 Å². The van der Waals surface area contributed by atoms with Crippen molar-refractivity contribution in [2.24, 2.45) is 0 Å². The Labute approximate surface area is 207 Å². The molecule has 166 valence electrons. The number of para-hydroxylation sites is 2. The molecule has 0 N–H and O–H groups in total. The average molecular weight is 448 g/mol. The Hall–Kier alpha value is -4.24. The summed E-state index contributed by atoms with van der Waals surface area (Å²) >= 11 is 0. The number of anilines is 5. The molecule has 5 aromatic rings. The van der Waals surface area contributed by atoms with E-state index in [1.807, 2.05) is 0 Å². The first kappa shape index (κ1) is 20.2. The van der Waals surface area contributed by atoms with Crippen molar-refractivity contribution in [3.63, 3.8) is 0 Å². The number of hydrogen-bond donors (Lipinski definition) is 0. The molecular formula is C32H25BN2. The number of nitrogens with zero attached hydrogens (tertiary/aromatic N) is 2. The zero-order chi connectivity index (χ0) is 23.5. The van der Waals surface area contributed by atoms with E-state index >= 15 is 0 Å².